The first kappa shape index (κ1) is 22.5. The molecule has 1 unspecified atom stereocenters. The van der Waals surface area contributed by atoms with E-state index in [0.717, 1.165) is 24.1 Å². The first-order valence-electron chi connectivity index (χ1n) is 10.4. The van der Waals surface area contributed by atoms with Crippen molar-refractivity contribution in [2.45, 2.75) is 33.6 Å². The first-order chi connectivity index (χ1) is 14.8. The van der Waals surface area contributed by atoms with Crippen LogP contribution in [-0.4, -0.2) is 47.6 Å². The van der Waals surface area contributed by atoms with Gasteiger partial charge in [-0.25, -0.2) is 4.39 Å². The Balaban J connectivity index is 1.81. The lowest BCUT2D eigenvalue weighted by Crippen LogP contribution is -2.43. The highest BCUT2D eigenvalue weighted by Crippen LogP contribution is 2.30. The zero-order chi connectivity index (χ0) is 22.5. The van der Waals surface area contributed by atoms with Gasteiger partial charge in [0.1, 0.15) is 17.7 Å². The molecule has 0 spiro atoms. The summed E-state index contributed by atoms with van der Waals surface area (Å²) in [5, 5.41) is 12.5. The van der Waals surface area contributed by atoms with Crippen molar-refractivity contribution in [3.63, 3.8) is 0 Å². The number of carbonyl (C=O) groups excluding carboxylic acids is 2. The molecule has 0 saturated carbocycles. The van der Waals surface area contributed by atoms with E-state index >= 15 is 0 Å². The van der Waals surface area contributed by atoms with Gasteiger partial charge in [0, 0.05) is 12.2 Å². The topological polar surface area (TPSA) is 87.4 Å². The molecule has 1 aliphatic rings. The average molecular weight is 426 g/mol. The van der Waals surface area contributed by atoms with Crippen LogP contribution in [0.4, 0.5) is 10.2 Å². The molecule has 1 N–H and O–H groups in total. The van der Waals surface area contributed by atoms with Gasteiger partial charge in [-0.05, 0) is 63.9 Å². The number of aromatic nitrogens is 1. The minimum atomic E-state index is -0.405. The lowest BCUT2D eigenvalue weighted by molar-refractivity contribution is -0.150. The van der Waals surface area contributed by atoms with E-state index in [2.05, 4.69) is 11.4 Å². The Hall–Kier alpha value is -3.18. The summed E-state index contributed by atoms with van der Waals surface area (Å²) in [5.41, 5.74) is 2.34. The predicted molar refractivity (Wildman–Crippen MR) is 114 cm³/mol. The fourth-order valence-corrected chi connectivity index (χ4v) is 4.03. The van der Waals surface area contributed by atoms with Gasteiger partial charge in [0.2, 0.25) is 5.91 Å². The molecule has 0 bridgehead atoms. The van der Waals surface area contributed by atoms with E-state index < -0.39 is 5.82 Å². The summed E-state index contributed by atoms with van der Waals surface area (Å²) < 4.78 is 20.6. The molecule has 7 nitrogen and oxygen atoms in total. The molecule has 1 aromatic heterocycles. The third-order valence-corrected chi connectivity index (χ3v) is 5.64. The molecular weight excluding hydrogens is 399 g/mol. The molecule has 0 radical (unpaired) electrons. The SMILES string of the molecule is CCOC(=O)C1CCCN(CC(=O)Nc2c(C#N)c(C)c(C)n2-c2cccc(F)c2)C1. The predicted octanol–water partition coefficient (Wildman–Crippen LogP) is 3.32. The molecular formula is C23H27FN4O3. The summed E-state index contributed by atoms with van der Waals surface area (Å²) in [6.07, 6.45) is 1.55. The van der Waals surface area contributed by atoms with E-state index in [1.165, 1.54) is 12.1 Å². The summed E-state index contributed by atoms with van der Waals surface area (Å²) in [6, 6.07) is 8.16. The van der Waals surface area contributed by atoms with Crippen molar-refractivity contribution in [3.05, 3.63) is 46.9 Å². The fraction of sp³-hybridized carbons (Fsp3) is 0.435. The second-order valence-corrected chi connectivity index (χ2v) is 7.74. The lowest BCUT2D eigenvalue weighted by Gasteiger charge is -2.30. The molecule has 1 atom stereocenters. The van der Waals surface area contributed by atoms with Crippen LogP contribution in [0, 0.1) is 36.9 Å². The van der Waals surface area contributed by atoms with Crippen LogP contribution in [0.1, 0.15) is 36.6 Å². The van der Waals surface area contributed by atoms with E-state index in [-0.39, 0.29) is 24.3 Å². The van der Waals surface area contributed by atoms with E-state index in [4.69, 9.17) is 4.74 Å². The van der Waals surface area contributed by atoms with Gasteiger partial charge in [0.05, 0.1) is 30.3 Å². The highest BCUT2D eigenvalue weighted by atomic mass is 19.1. The van der Waals surface area contributed by atoms with Crippen LogP contribution in [0.3, 0.4) is 0 Å². The van der Waals surface area contributed by atoms with Crippen LogP contribution in [0.15, 0.2) is 24.3 Å². The Bertz CT molecular complexity index is 1020. The second-order valence-electron chi connectivity index (χ2n) is 7.74. The number of nitrogens with zero attached hydrogens (tertiary/aromatic N) is 3. The molecule has 1 fully saturated rings. The third-order valence-electron chi connectivity index (χ3n) is 5.64. The molecule has 0 aliphatic carbocycles. The van der Waals surface area contributed by atoms with Gasteiger partial charge in [0.15, 0.2) is 0 Å². The molecule has 31 heavy (non-hydrogen) atoms. The highest BCUT2D eigenvalue weighted by molar-refractivity contribution is 5.93. The van der Waals surface area contributed by atoms with Crippen LogP contribution in [0.2, 0.25) is 0 Å². The number of anilines is 1. The number of halogens is 1. The number of carbonyl (C=O) groups is 2. The fourth-order valence-electron chi connectivity index (χ4n) is 4.03. The van der Waals surface area contributed by atoms with Crippen molar-refractivity contribution in [3.8, 4) is 11.8 Å². The lowest BCUT2D eigenvalue weighted by atomic mass is 9.98. The molecule has 1 saturated heterocycles. The molecule has 164 valence electrons. The van der Waals surface area contributed by atoms with Gasteiger partial charge >= 0.3 is 5.97 Å². The maximum absolute atomic E-state index is 13.8. The Labute approximate surface area is 181 Å². The van der Waals surface area contributed by atoms with Gasteiger partial charge < -0.3 is 10.1 Å². The maximum atomic E-state index is 13.8. The van der Waals surface area contributed by atoms with E-state index in [1.54, 1.807) is 30.5 Å². The van der Waals surface area contributed by atoms with Gasteiger partial charge in [-0.1, -0.05) is 6.07 Å². The molecule has 1 amide bonds. The standard InChI is InChI=1S/C23H27FN4O3/c1-4-31-23(30)17-7-6-10-27(13-17)14-21(29)26-22-20(12-25)15(2)16(3)28(22)19-9-5-8-18(24)11-19/h5,8-9,11,17H,4,6-7,10,13-14H2,1-3H3,(H,26,29). The Morgan fingerprint density at radius 2 is 2.13 bits per heavy atom. The number of amides is 1. The zero-order valence-corrected chi connectivity index (χ0v) is 18.1. The van der Waals surface area contributed by atoms with Gasteiger partial charge in [-0.15, -0.1) is 0 Å². The number of likely N-dealkylation sites (tertiary alicyclic amines) is 1. The number of hydrogen-bond acceptors (Lipinski definition) is 5. The van der Waals surface area contributed by atoms with Crippen molar-refractivity contribution in [1.29, 1.82) is 5.26 Å². The maximum Gasteiger partial charge on any atom is 0.310 e. The minimum absolute atomic E-state index is 0.0905. The normalized spacial score (nSPS) is 16.5. The van der Waals surface area contributed by atoms with Crippen LogP contribution in [-0.2, 0) is 14.3 Å². The summed E-state index contributed by atoms with van der Waals surface area (Å²) in [4.78, 5) is 26.8. The quantitative estimate of drug-likeness (QED) is 0.716. The van der Waals surface area contributed by atoms with Crippen LogP contribution in [0.25, 0.3) is 5.69 Å². The van der Waals surface area contributed by atoms with Gasteiger partial charge in [-0.3, -0.25) is 19.1 Å². The third kappa shape index (κ3) is 4.94. The van der Waals surface area contributed by atoms with Crippen LogP contribution in [0.5, 0.6) is 0 Å². The second kappa shape index (κ2) is 9.75. The van der Waals surface area contributed by atoms with Gasteiger partial charge in [0.25, 0.3) is 0 Å². The van der Waals surface area contributed by atoms with Crippen molar-refractivity contribution in [1.82, 2.24) is 9.47 Å². The Morgan fingerprint density at radius 1 is 1.35 bits per heavy atom. The largest absolute Gasteiger partial charge is 0.466 e. The Kier molecular flexibility index (Phi) is 7.08. The molecule has 2 heterocycles. The number of nitriles is 1. The number of rotatable bonds is 6. The number of ether oxygens (including phenoxy) is 1. The van der Waals surface area contributed by atoms with Gasteiger partial charge in [-0.2, -0.15) is 5.26 Å². The van der Waals surface area contributed by atoms with Crippen LogP contribution < -0.4 is 5.32 Å². The molecule has 1 aliphatic heterocycles. The number of benzene rings is 1. The number of nitrogens with one attached hydrogen (secondary N) is 1. The average Bonchev–Trinajstić information content (AvgIpc) is 2.97. The van der Waals surface area contributed by atoms with Crippen molar-refractivity contribution < 1.29 is 18.7 Å². The monoisotopic (exact) mass is 426 g/mol. The zero-order valence-electron chi connectivity index (χ0n) is 18.1. The van der Waals surface area contributed by atoms with Crippen molar-refractivity contribution in [2.24, 2.45) is 5.92 Å². The minimum Gasteiger partial charge on any atom is -0.466 e. The van der Waals surface area contributed by atoms with E-state index in [0.29, 0.717) is 36.8 Å². The van der Waals surface area contributed by atoms with Crippen LogP contribution >= 0.6 is 0 Å². The smallest absolute Gasteiger partial charge is 0.310 e. The van der Waals surface area contributed by atoms with E-state index in [1.807, 2.05) is 11.8 Å². The first-order valence-corrected chi connectivity index (χ1v) is 10.4. The molecule has 2 aromatic rings. The van der Waals surface area contributed by atoms with Crippen molar-refractivity contribution in [2.75, 3.05) is 31.6 Å². The Morgan fingerprint density at radius 3 is 2.81 bits per heavy atom. The number of piperidine rings is 1. The van der Waals surface area contributed by atoms with E-state index in [9.17, 15) is 19.2 Å². The number of esters is 1. The summed E-state index contributed by atoms with van der Waals surface area (Å²) in [6.45, 7) is 6.99. The summed E-state index contributed by atoms with van der Waals surface area (Å²) >= 11 is 0. The molecule has 3 rings (SSSR count). The van der Waals surface area contributed by atoms with Crippen molar-refractivity contribution >= 4 is 17.7 Å². The highest BCUT2D eigenvalue weighted by Gasteiger charge is 2.28. The summed E-state index contributed by atoms with van der Waals surface area (Å²) in [7, 11) is 0. The molecule has 1 aromatic carbocycles. The summed E-state index contributed by atoms with van der Waals surface area (Å²) in [5.74, 6) is -0.844. The molecule has 8 heteroatoms. The number of hydrogen-bond donors (Lipinski definition) is 1.